The number of anilines is 1. The van der Waals surface area contributed by atoms with E-state index >= 15 is 0 Å². The lowest BCUT2D eigenvalue weighted by atomic mass is 10.1. The summed E-state index contributed by atoms with van der Waals surface area (Å²) in [7, 11) is 0. The maximum atomic E-state index is 6.15. The highest BCUT2D eigenvalue weighted by atomic mass is 15.3. The Labute approximate surface area is 115 Å². The van der Waals surface area contributed by atoms with Crippen molar-refractivity contribution < 1.29 is 0 Å². The minimum Gasteiger partial charge on any atom is -0.396 e. The average Bonchev–Trinajstić information content (AvgIpc) is 2.91. The molecule has 0 aliphatic rings. The van der Waals surface area contributed by atoms with Crippen LogP contribution < -0.4 is 5.73 Å². The number of para-hydroxylation sites is 2. The second-order valence-electron chi connectivity index (χ2n) is 4.69. The highest BCUT2D eigenvalue weighted by Crippen LogP contribution is 2.28. The van der Waals surface area contributed by atoms with Crippen LogP contribution in [0.25, 0.3) is 27.5 Å². The zero-order valence-electron chi connectivity index (χ0n) is 10.7. The van der Waals surface area contributed by atoms with Crippen molar-refractivity contribution in [3.05, 3.63) is 60.9 Å². The lowest BCUT2D eigenvalue weighted by Crippen LogP contribution is -2.03. The summed E-state index contributed by atoms with van der Waals surface area (Å²) in [5.74, 6) is 0. The molecular weight excluding hydrogens is 248 g/mol. The molecule has 2 heterocycles. The Hall–Kier alpha value is -2.88. The first-order valence-electron chi connectivity index (χ1n) is 6.41. The number of aromatic nitrogens is 3. The Balaban J connectivity index is 2.14. The molecule has 0 saturated heterocycles. The van der Waals surface area contributed by atoms with Crippen molar-refractivity contribution >= 4 is 27.5 Å². The Morgan fingerprint density at radius 2 is 1.70 bits per heavy atom. The largest absolute Gasteiger partial charge is 0.396 e. The lowest BCUT2D eigenvalue weighted by molar-refractivity contribution is 0.919. The molecule has 4 rings (SSSR count). The van der Waals surface area contributed by atoms with Gasteiger partial charge in [0.05, 0.1) is 34.8 Å². The van der Waals surface area contributed by atoms with Crippen LogP contribution in [0.3, 0.4) is 0 Å². The first kappa shape index (κ1) is 11.0. The zero-order valence-corrected chi connectivity index (χ0v) is 10.7. The number of nitrogen functional groups attached to an aromatic ring is 1. The fourth-order valence-corrected chi connectivity index (χ4v) is 2.53. The zero-order chi connectivity index (χ0) is 13.5. The van der Waals surface area contributed by atoms with E-state index in [1.165, 1.54) is 0 Å². The van der Waals surface area contributed by atoms with Gasteiger partial charge in [0.2, 0.25) is 0 Å². The third-order valence-corrected chi connectivity index (χ3v) is 3.46. The van der Waals surface area contributed by atoms with E-state index in [0.717, 1.165) is 27.5 Å². The fraction of sp³-hybridized carbons (Fsp3) is 0. The molecule has 96 valence electrons. The second kappa shape index (κ2) is 4.06. The predicted molar refractivity (Wildman–Crippen MR) is 80.8 cm³/mol. The Bertz CT molecular complexity index is 924. The summed E-state index contributed by atoms with van der Waals surface area (Å²) in [6.45, 7) is 0. The molecule has 2 aromatic heterocycles. The van der Waals surface area contributed by atoms with Crippen LogP contribution >= 0.6 is 0 Å². The van der Waals surface area contributed by atoms with Crippen molar-refractivity contribution in [2.45, 2.75) is 0 Å². The van der Waals surface area contributed by atoms with Crippen molar-refractivity contribution in [1.82, 2.24) is 14.8 Å². The minimum absolute atomic E-state index is 0.623. The van der Waals surface area contributed by atoms with Gasteiger partial charge in [0.15, 0.2) is 0 Å². The molecule has 20 heavy (non-hydrogen) atoms. The fourth-order valence-electron chi connectivity index (χ4n) is 2.53. The SMILES string of the molecule is Nc1cnc2ccccc2c1-n1ncc2ccccc21. The topological polar surface area (TPSA) is 56.7 Å². The van der Waals surface area contributed by atoms with Crippen LogP contribution in [-0.4, -0.2) is 14.8 Å². The Morgan fingerprint density at radius 1 is 0.900 bits per heavy atom. The van der Waals surface area contributed by atoms with Crippen LogP contribution in [0, 0.1) is 0 Å². The van der Waals surface area contributed by atoms with E-state index in [0.29, 0.717) is 5.69 Å². The second-order valence-corrected chi connectivity index (χ2v) is 4.69. The van der Waals surface area contributed by atoms with Gasteiger partial charge in [-0.25, -0.2) is 4.68 Å². The van der Waals surface area contributed by atoms with Crippen molar-refractivity contribution in [2.24, 2.45) is 0 Å². The third kappa shape index (κ3) is 1.48. The van der Waals surface area contributed by atoms with Gasteiger partial charge in [0.25, 0.3) is 0 Å². The van der Waals surface area contributed by atoms with E-state index in [2.05, 4.69) is 10.1 Å². The maximum absolute atomic E-state index is 6.15. The van der Waals surface area contributed by atoms with E-state index in [1.807, 2.05) is 59.4 Å². The highest BCUT2D eigenvalue weighted by molar-refractivity contribution is 5.94. The van der Waals surface area contributed by atoms with Crippen molar-refractivity contribution in [3.8, 4) is 5.69 Å². The van der Waals surface area contributed by atoms with Gasteiger partial charge in [-0.15, -0.1) is 0 Å². The molecule has 0 saturated carbocycles. The monoisotopic (exact) mass is 260 g/mol. The number of hydrogen-bond acceptors (Lipinski definition) is 3. The summed E-state index contributed by atoms with van der Waals surface area (Å²) < 4.78 is 1.88. The predicted octanol–water partition coefficient (Wildman–Crippen LogP) is 3.16. The van der Waals surface area contributed by atoms with Crippen LogP contribution in [-0.2, 0) is 0 Å². The van der Waals surface area contributed by atoms with E-state index in [1.54, 1.807) is 6.20 Å². The van der Waals surface area contributed by atoms with Gasteiger partial charge >= 0.3 is 0 Å². The molecule has 0 aliphatic heterocycles. The van der Waals surface area contributed by atoms with Gasteiger partial charge in [0.1, 0.15) is 0 Å². The molecule has 0 aliphatic carbocycles. The van der Waals surface area contributed by atoms with Gasteiger partial charge < -0.3 is 5.73 Å². The standard InChI is InChI=1S/C16H12N4/c17-13-10-18-14-7-3-2-6-12(14)16(13)20-15-8-4-1-5-11(15)9-19-20/h1-10H,17H2. The summed E-state index contributed by atoms with van der Waals surface area (Å²) in [5, 5.41) is 6.58. The maximum Gasteiger partial charge on any atom is 0.0991 e. The van der Waals surface area contributed by atoms with Crippen LogP contribution in [0.1, 0.15) is 0 Å². The summed E-state index contributed by atoms with van der Waals surface area (Å²) >= 11 is 0. The molecule has 4 aromatic rings. The van der Waals surface area contributed by atoms with Gasteiger partial charge in [0, 0.05) is 10.8 Å². The molecule has 0 radical (unpaired) electrons. The van der Waals surface area contributed by atoms with Crippen molar-refractivity contribution in [1.29, 1.82) is 0 Å². The van der Waals surface area contributed by atoms with E-state index in [9.17, 15) is 0 Å². The summed E-state index contributed by atoms with van der Waals surface area (Å²) in [5.41, 5.74) is 9.60. The Morgan fingerprint density at radius 3 is 2.65 bits per heavy atom. The number of nitrogens with two attached hydrogens (primary N) is 1. The average molecular weight is 260 g/mol. The number of nitrogens with zero attached hydrogens (tertiary/aromatic N) is 3. The molecule has 0 atom stereocenters. The molecular formula is C16H12N4. The van der Waals surface area contributed by atoms with Crippen LogP contribution in [0.5, 0.6) is 0 Å². The number of hydrogen-bond donors (Lipinski definition) is 1. The molecule has 4 heteroatoms. The molecule has 0 spiro atoms. The summed E-state index contributed by atoms with van der Waals surface area (Å²) in [4.78, 5) is 4.37. The molecule has 0 bridgehead atoms. The normalized spacial score (nSPS) is 11.2. The van der Waals surface area contributed by atoms with E-state index in [-0.39, 0.29) is 0 Å². The molecule has 0 amide bonds. The lowest BCUT2D eigenvalue weighted by Gasteiger charge is -2.10. The van der Waals surface area contributed by atoms with E-state index < -0.39 is 0 Å². The smallest absolute Gasteiger partial charge is 0.0991 e. The van der Waals surface area contributed by atoms with Gasteiger partial charge in [-0.2, -0.15) is 5.10 Å². The quantitative estimate of drug-likeness (QED) is 0.572. The number of benzene rings is 2. The number of fused-ring (bicyclic) bond motifs is 2. The number of rotatable bonds is 1. The third-order valence-electron chi connectivity index (χ3n) is 3.46. The Kier molecular flexibility index (Phi) is 2.23. The molecule has 0 fully saturated rings. The van der Waals surface area contributed by atoms with Gasteiger partial charge in [-0.1, -0.05) is 36.4 Å². The first-order chi connectivity index (χ1) is 9.84. The van der Waals surface area contributed by atoms with Crippen molar-refractivity contribution in [3.63, 3.8) is 0 Å². The molecule has 0 unspecified atom stereocenters. The molecule has 4 nitrogen and oxygen atoms in total. The molecule has 2 N–H and O–H groups in total. The summed E-state index contributed by atoms with van der Waals surface area (Å²) in [6, 6.07) is 16.0. The van der Waals surface area contributed by atoms with E-state index in [4.69, 9.17) is 5.73 Å². The van der Waals surface area contributed by atoms with Crippen LogP contribution in [0.4, 0.5) is 5.69 Å². The number of pyridine rings is 1. The van der Waals surface area contributed by atoms with Crippen LogP contribution in [0.2, 0.25) is 0 Å². The first-order valence-corrected chi connectivity index (χ1v) is 6.41. The highest BCUT2D eigenvalue weighted by Gasteiger charge is 2.11. The molecule has 2 aromatic carbocycles. The van der Waals surface area contributed by atoms with Gasteiger partial charge in [-0.3, -0.25) is 4.98 Å². The minimum atomic E-state index is 0.623. The van der Waals surface area contributed by atoms with Crippen LogP contribution in [0.15, 0.2) is 60.9 Å². The summed E-state index contributed by atoms with van der Waals surface area (Å²) in [6.07, 6.45) is 3.54. The van der Waals surface area contributed by atoms with Crippen molar-refractivity contribution in [2.75, 3.05) is 5.73 Å². The van der Waals surface area contributed by atoms with Gasteiger partial charge in [-0.05, 0) is 12.1 Å².